The lowest BCUT2D eigenvalue weighted by molar-refractivity contribution is 0.557. The highest BCUT2D eigenvalue weighted by atomic mass is 35.5. The Hall–Kier alpha value is -1.16. The highest BCUT2D eigenvalue weighted by molar-refractivity contribution is 6.42. The number of aromatic nitrogens is 2. The molecule has 0 spiro atoms. The number of rotatable bonds is 4. The van der Waals surface area contributed by atoms with Gasteiger partial charge in [0.05, 0.1) is 16.1 Å². The fourth-order valence-corrected chi connectivity index (χ4v) is 2.14. The van der Waals surface area contributed by atoms with Gasteiger partial charge < -0.3 is 5.32 Å². The van der Waals surface area contributed by atoms with E-state index in [-0.39, 0.29) is 6.04 Å². The molecule has 1 atom stereocenters. The van der Waals surface area contributed by atoms with Crippen LogP contribution < -0.4 is 5.32 Å². The Morgan fingerprint density at radius 2 is 1.89 bits per heavy atom. The van der Waals surface area contributed by atoms with Gasteiger partial charge in [-0.05, 0) is 31.2 Å². The maximum atomic E-state index is 6.18. The summed E-state index contributed by atoms with van der Waals surface area (Å²) in [7, 11) is 1.87. The van der Waals surface area contributed by atoms with Gasteiger partial charge in [-0.25, -0.2) is 9.97 Å². The van der Waals surface area contributed by atoms with Gasteiger partial charge in [0.15, 0.2) is 0 Å². The number of benzene rings is 1. The van der Waals surface area contributed by atoms with Crippen molar-refractivity contribution in [2.45, 2.75) is 12.5 Å². The molecule has 5 heteroatoms. The Kier molecular flexibility index (Phi) is 4.53. The quantitative estimate of drug-likeness (QED) is 0.935. The van der Waals surface area contributed by atoms with Crippen molar-refractivity contribution < 1.29 is 0 Å². The Labute approximate surface area is 116 Å². The Morgan fingerprint density at radius 3 is 2.56 bits per heavy atom. The molecule has 0 aliphatic carbocycles. The molecule has 1 aromatic carbocycles. The van der Waals surface area contributed by atoms with Crippen molar-refractivity contribution in [2.75, 3.05) is 7.05 Å². The molecule has 1 heterocycles. The lowest BCUT2D eigenvalue weighted by Crippen LogP contribution is -2.21. The maximum absolute atomic E-state index is 6.18. The number of hydrogen-bond acceptors (Lipinski definition) is 3. The van der Waals surface area contributed by atoms with Gasteiger partial charge in [0.2, 0.25) is 0 Å². The van der Waals surface area contributed by atoms with Crippen LogP contribution >= 0.6 is 23.2 Å². The lowest BCUT2D eigenvalue weighted by atomic mass is 10.1. The van der Waals surface area contributed by atoms with E-state index < -0.39 is 0 Å². The van der Waals surface area contributed by atoms with Crippen molar-refractivity contribution in [1.29, 1.82) is 0 Å². The summed E-state index contributed by atoms with van der Waals surface area (Å²) in [6.07, 6.45) is 4.15. The second kappa shape index (κ2) is 6.14. The minimum absolute atomic E-state index is 0.0159. The molecule has 1 aromatic heterocycles. The van der Waals surface area contributed by atoms with Crippen LogP contribution in [0.25, 0.3) is 0 Å². The third kappa shape index (κ3) is 2.99. The van der Waals surface area contributed by atoms with Crippen LogP contribution in [0.4, 0.5) is 0 Å². The molecule has 0 bridgehead atoms. The largest absolute Gasteiger partial charge is 0.310 e. The summed E-state index contributed by atoms with van der Waals surface area (Å²) < 4.78 is 0. The number of nitrogens with zero attached hydrogens (tertiary/aromatic N) is 2. The van der Waals surface area contributed by atoms with Crippen LogP contribution in [0.3, 0.4) is 0 Å². The number of halogens is 2. The Morgan fingerprint density at radius 1 is 1.17 bits per heavy atom. The first-order chi connectivity index (χ1) is 8.72. The second-order valence-electron chi connectivity index (χ2n) is 3.87. The molecule has 0 radical (unpaired) electrons. The van der Waals surface area contributed by atoms with Gasteiger partial charge in [-0.1, -0.05) is 35.3 Å². The minimum atomic E-state index is 0.0159. The number of likely N-dealkylation sites (N-methyl/N-ethyl adjacent to an activating group) is 1. The minimum Gasteiger partial charge on any atom is -0.310 e. The van der Waals surface area contributed by atoms with Crippen molar-refractivity contribution in [3.63, 3.8) is 0 Å². The third-order valence-corrected chi connectivity index (χ3v) is 3.56. The summed E-state index contributed by atoms with van der Waals surface area (Å²) in [6, 6.07) is 7.44. The first-order valence-corrected chi connectivity index (χ1v) is 6.35. The molecule has 0 saturated carbocycles. The molecule has 18 heavy (non-hydrogen) atoms. The van der Waals surface area contributed by atoms with Crippen molar-refractivity contribution in [1.82, 2.24) is 15.3 Å². The van der Waals surface area contributed by atoms with E-state index in [1.165, 1.54) is 0 Å². The molecule has 1 N–H and O–H groups in total. The maximum Gasteiger partial charge on any atom is 0.145 e. The van der Waals surface area contributed by atoms with Crippen molar-refractivity contribution in [3.05, 3.63) is 58.1 Å². The van der Waals surface area contributed by atoms with Crippen LogP contribution in [0.5, 0.6) is 0 Å². The molecule has 0 aliphatic heterocycles. The van der Waals surface area contributed by atoms with Crippen LogP contribution in [0.2, 0.25) is 10.0 Å². The van der Waals surface area contributed by atoms with Gasteiger partial charge in [0, 0.05) is 12.4 Å². The van der Waals surface area contributed by atoms with Gasteiger partial charge in [-0.2, -0.15) is 0 Å². The second-order valence-corrected chi connectivity index (χ2v) is 4.65. The van der Waals surface area contributed by atoms with Gasteiger partial charge in [0.25, 0.3) is 0 Å². The predicted octanol–water partition coefficient (Wildman–Crippen LogP) is 3.29. The van der Waals surface area contributed by atoms with Crippen LogP contribution in [-0.2, 0) is 6.42 Å². The van der Waals surface area contributed by atoms with Gasteiger partial charge in [0.1, 0.15) is 5.82 Å². The van der Waals surface area contributed by atoms with E-state index >= 15 is 0 Å². The summed E-state index contributed by atoms with van der Waals surface area (Å²) in [5.41, 5.74) is 0.982. The summed E-state index contributed by atoms with van der Waals surface area (Å²) in [5, 5.41) is 4.35. The Balaban J connectivity index is 2.24. The summed E-state index contributed by atoms with van der Waals surface area (Å²) in [5.74, 6) is 0.746. The zero-order chi connectivity index (χ0) is 13.0. The molecule has 0 aliphatic rings. The first kappa shape index (κ1) is 13.3. The van der Waals surface area contributed by atoms with Crippen LogP contribution in [0, 0.1) is 0 Å². The zero-order valence-electron chi connectivity index (χ0n) is 9.90. The summed E-state index contributed by atoms with van der Waals surface area (Å²) in [6.45, 7) is 0. The summed E-state index contributed by atoms with van der Waals surface area (Å²) in [4.78, 5) is 8.50. The molecule has 2 aromatic rings. The van der Waals surface area contributed by atoms with E-state index in [0.717, 1.165) is 11.4 Å². The number of nitrogens with one attached hydrogen (secondary N) is 1. The average Bonchev–Trinajstić information content (AvgIpc) is 2.41. The lowest BCUT2D eigenvalue weighted by Gasteiger charge is -2.15. The van der Waals surface area contributed by atoms with E-state index in [0.29, 0.717) is 16.5 Å². The van der Waals surface area contributed by atoms with Gasteiger partial charge >= 0.3 is 0 Å². The van der Waals surface area contributed by atoms with Crippen molar-refractivity contribution in [3.8, 4) is 0 Å². The van der Waals surface area contributed by atoms with E-state index in [9.17, 15) is 0 Å². The Bertz CT molecular complexity index is 517. The van der Waals surface area contributed by atoms with Gasteiger partial charge in [-0.3, -0.25) is 0 Å². The molecule has 0 amide bonds. The standard InChI is InChI=1S/C13H13Cl2N3/c1-16-11(13-17-6-3-7-18-13)8-9-4-2-5-10(14)12(9)15/h2-7,11,16H,8H2,1H3. The van der Waals surface area contributed by atoms with Gasteiger partial charge in [-0.15, -0.1) is 0 Å². The SMILES string of the molecule is CNC(Cc1cccc(Cl)c1Cl)c1ncccn1. The van der Waals surface area contributed by atoms with E-state index in [4.69, 9.17) is 23.2 Å². The molecule has 2 rings (SSSR count). The van der Waals surface area contributed by atoms with E-state index in [1.54, 1.807) is 24.5 Å². The van der Waals surface area contributed by atoms with E-state index in [2.05, 4.69) is 15.3 Å². The van der Waals surface area contributed by atoms with Crippen molar-refractivity contribution in [2.24, 2.45) is 0 Å². The van der Waals surface area contributed by atoms with E-state index in [1.807, 2.05) is 19.2 Å². The van der Waals surface area contributed by atoms with Crippen LogP contribution in [0.1, 0.15) is 17.4 Å². The highest BCUT2D eigenvalue weighted by Gasteiger charge is 2.15. The predicted molar refractivity (Wildman–Crippen MR) is 74.0 cm³/mol. The molecular formula is C13H13Cl2N3. The molecule has 94 valence electrons. The van der Waals surface area contributed by atoms with Crippen molar-refractivity contribution >= 4 is 23.2 Å². The highest BCUT2D eigenvalue weighted by Crippen LogP contribution is 2.28. The molecular weight excluding hydrogens is 269 g/mol. The fraction of sp³-hybridized carbons (Fsp3) is 0.231. The zero-order valence-corrected chi connectivity index (χ0v) is 11.4. The fourth-order valence-electron chi connectivity index (χ4n) is 1.74. The first-order valence-electron chi connectivity index (χ1n) is 5.59. The van der Waals surface area contributed by atoms with Crippen LogP contribution in [0.15, 0.2) is 36.7 Å². The number of hydrogen-bond donors (Lipinski definition) is 1. The average molecular weight is 282 g/mol. The smallest absolute Gasteiger partial charge is 0.145 e. The molecule has 1 unspecified atom stereocenters. The normalized spacial score (nSPS) is 12.4. The van der Waals surface area contributed by atoms with Crippen LogP contribution in [-0.4, -0.2) is 17.0 Å². The molecule has 0 saturated heterocycles. The molecule has 0 fully saturated rings. The third-order valence-electron chi connectivity index (χ3n) is 2.70. The molecule has 3 nitrogen and oxygen atoms in total. The summed E-state index contributed by atoms with van der Waals surface area (Å²) >= 11 is 12.2. The topological polar surface area (TPSA) is 37.8 Å². The monoisotopic (exact) mass is 281 g/mol.